The molecule has 20 heteroatoms. The third-order valence-corrected chi connectivity index (χ3v) is 8.60. The first-order valence-corrected chi connectivity index (χ1v) is 15.5. The van der Waals surface area contributed by atoms with Crippen molar-refractivity contribution >= 4 is 29.3 Å². The van der Waals surface area contributed by atoms with E-state index in [9.17, 15) is 28.3 Å². The third kappa shape index (κ3) is 9.93. The maximum absolute atomic E-state index is 12.4. The van der Waals surface area contributed by atoms with Gasteiger partial charge in [-0.3, -0.25) is 9.09 Å². The Kier molecular flexibility index (Phi) is 10.2. The summed E-state index contributed by atoms with van der Waals surface area (Å²) in [6.07, 6.45) is 0.0638. The zero-order chi connectivity index (χ0) is 28.8. The lowest BCUT2D eigenvalue weighted by atomic mass is 10.2. The average Bonchev–Trinajstić information content (AvgIpc) is 3.28. The van der Waals surface area contributed by atoms with E-state index in [0.29, 0.717) is 24.5 Å². The zero-order valence-corrected chi connectivity index (χ0v) is 22.6. The minimum atomic E-state index is -5.64. The topological polar surface area (TPSA) is 265 Å². The Bertz CT molecular complexity index is 1430. The van der Waals surface area contributed by atoms with Crippen molar-refractivity contribution in [3.05, 3.63) is 52.1 Å². The van der Waals surface area contributed by atoms with Gasteiger partial charge in [0.25, 0.3) is 0 Å². The lowest BCUT2D eigenvalue weighted by Gasteiger charge is -2.19. The van der Waals surface area contributed by atoms with Crippen LogP contribution in [0.25, 0.3) is 0 Å². The number of hydrogen-bond acceptors (Lipinski definition) is 12. The molecular formula is C19H25N4O13P3. The molecule has 1 aromatic heterocycles. The second-order valence-corrected chi connectivity index (χ2v) is 12.2. The molecule has 0 aliphatic carbocycles. The van der Waals surface area contributed by atoms with Crippen LogP contribution in [0.5, 0.6) is 5.75 Å². The van der Waals surface area contributed by atoms with E-state index in [4.69, 9.17) is 30.7 Å². The molecule has 214 valence electrons. The van der Waals surface area contributed by atoms with Crippen molar-refractivity contribution in [2.75, 3.05) is 25.5 Å². The standard InChI is InChI=1S/C19H25N4O13P3/c20-9-10-32-15-5-2-13(3-6-15)1-4-14-11-23(19(24)22-18(14)21)17-8-7-16(34-17)12-33-38(28,29)36-39(30,31)35-37(25,26)27/h2-3,5-6,11,16-17H,7-10,12,20H2,(H,28,29)(H,30,31)(H2,21,22,24)(H2,25,26,27)/t16-,17+/m0/s1. The van der Waals surface area contributed by atoms with Gasteiger partial charge in [-0.05, 0) is 37.1 Å². The Balaban J connectivity index is 1.64. The largest absolute Gasteiger partial charge is 0.492 e. The fourth-order valence-electron chi connectivity index (χ4n) is 3.23. The molecule has 3 rings (SSSR count). The first-order chi connectivity index (χ1) is 18.2. The van der Waals surface area contributed by atoms with Gasteiger partial charge in [-0.15, -0.1) is 0 Å². The van der Waals surface area contributed by atoms with Crippen LogP contribution in [0.15, 0.2) is 35.3 Å². The molecular weight excluding hydrogens is 585 g/mol. The molecule has 1 saturated heterocycles. The van der Waals surface area contributed by atoms with Gasteiger partial charge in [-0.2, -0.15) is 13.6 Å². The summed E-state index contributed by atoms with van der Waals surface area (Å²) in [5.74, 6) is 6.26. The predicted octanol–water partition coefficient (Wildman–Crippen LogP) is 0.584. The fraction of sp³-hybridized carbons (Fsp3) is 0.368. The van der Waals surface area contributed by atoms with Gasteiger partial charge in [0.1, 0.15) is 24.4 Å². The number of aromatic nitrogens is 2. The number of ether oxygens (including phenoxy) is 2. The van der Waals surface area contributed by atoms with Gasteiger partial charge >= 0.3 is 29.2 Å². The summed E-state index contributed by atoms with van der Waals surface area (Å²) in [5.41, 5.74) is 11.4. The Morgan fingerprint density at radius 1 is 1.05 bits per heavy atom. The average molecular weight is 610 g/mol. The van der Waals surface area contributed by atoms with E-state index < -0.39 is 48.1 Å². The van der Waals surface area contributed by atoms with E-state index in [1.54, 1.807) is 24.3 Å². The number of phosphoric ester groups is 1. The first kappa shape index (κ1) is 31.1. The maximum Gasteiger partial charge on any atom is 0.490 e. The van der Waals surface area contributed by atoms with Gasteiger partial charge < -0.3 is 40.5 Å². The van der Waals surface area contributed by atoms with Gasteiger partial charge in [-0.1, -0.05) is 11.8 Å². The van der Waals surface area contributed by atoms with E-state index in [2.05, 4.69) is 30.0 Å². The Labute approximate surface area is 221 Å². The van der Waals surface area contributed by atoms with Crippen LogP contribution in [0.4, 0.5) is 5.82 Å². The third-order valence-electron chi connectivity index (χ3n) is 4.80. The van der Waals surface area contributed by atoms with Crippen LogP contribution in [0.3, 0.4) is 0 Å². The van der Waals surface area contributed by atoms with Crippen molar-refractivity contribution in [1.29, 1.82) is 0 Å². The van der Waals surface area contributed by atoms with Crippen molar-refractivity contribution in [1.82, 2.24) is 9.55 Å². The molecule has 0 radical (unpaired) electrons. The molecule has 0 saturated carbocycles. The first-order valence-electron chi connectivity index (χ1n) is 10.9. The van der Waals surface area contributed by atoms with E-state index in [-0.39, 0.29) is 24.2 Å². The lowest BCUT2D eigenvalue weighted by Crippen LogP contribution is -2.29. The Morgan fingerprint density at radius 2 is 1.74 bits per heavy atom. The zero-order valence-electron chi connectivity index (χ0n) is 19.9. The molecule has 0 bridgehead atoms. The van der Waals surface area contributed by atoms with E-state index >= 15 is 0 Å². The highest BCUT2D eigenvalue weighted by molar-refractivity contribution is 7.66. The monoisotopic (exact) mass is 610 g/mol. The van der Waals surface area contributed by atoms with Crippen LogP contribution in [0, 0.1) is 11.8 Å². The molecule has 8 N–H and O–H groups in total. The lowest BCUT2D eigenvalue weighted by molar-refractivity contribution is -0.0242. The summed E-state index contributed by atoms with van der Waals surface area (Å²) >= 11 is 0. The molecule has 2 heterocycles. The predicted molar refractivity (Wildman–Crippen MR) is 133 cm³/mol. The molecule has 1 aliphatic rings. The van der Waals surface area contributed by atoms with E-state index in [0.717, 1.165) is 4.57 Å². The number of nitrogen functional groups attached to an aromatic ring is 1. The summed E-state index contributed by atoms with van der Waals surface area (Å²) < 4.78 is 58.1. The molecule has 4 atom stereocenters. The summed E-state index contributed by atoms with van der Waals surface area (Å²) in [5, 5.41) is 0. The molecule has 1 aliphatic heterocycles. The maximum atomic E-state index is 12.4. The highest BCUT2D eigenvalue weighted by Crippen LogP contribution is 2.66. The van der Waals surface area contributed by atoms with E-state index in [1.807, 2.05) is 0 Å². The highest BCUT2D eigenvalue weighted by Gasteiger charge is 2.41. The van der Waals surface area contributed by atoms with Crippen molar-refractivity contribution < 1.29 is 55.9 Å². The minimum absolute atomic E-state index is 0.103. The normalized spacial score (nSPS) is 20.4. The molecule has 17 nitrogen and oxygen atoms in total. The SMILES string of the molecule is NCCOc1ccc(C#Cc2cn([C@H]3CC[C@@H](COP(=O)(O)OP(=O)(O)OP(=O)(O)O)O3)c(=O)nc2N)cc1. The van der Waals surface area contributed by atoms with Crippen LogP contribution in [-0.4, -0.2) is 55.0 Å². The summed E-state index contributed by atoms with van der Waals surface area (Å²) in [7, 11) is -16.5. The van der Waals surface area contributed by atoms with Crippen LogP contribution in [-0.2, 0) is 31.6 Å². The Morgan fingerprint density at radius 3 is 2.38 bits per heavy atom. The molecule has 1 fully saturated rings. The number of phosphoric acid groups is 3. The molecule has 0 spiro atoms. The van der Waals surface area contributed by atoms with Gasteiger partial charge in [0.05, 0.1) is 18.3 Å². The fourth-order valence-corrected chi connectivity index (χ4v) is 6.28. The Hall–Kier alpha value is -2.41. The number of hydrogen-bond donors (Lipinski definition) is 6. The molecule has 2 aromatic rings. The second kappa shape index (κ2) is 12.8. The number of nitrogens with zero attached hydrogens (tertiary/aromatic N) is 2. The van der Waals surface area contributed by atoms with Crippen molar-refractivity contribution in [2.45, 2.75) is 25.2 Å². The summed E-state index contributed by atoms with van der Waals surface area (Å²) in [6.45, 7) is 0.106. The van der Waals surface area contributed by atoms with Crippen LogP contribution < -0.4 is 21.9 Å². The second-order valence-electron chi connectivity index (χ2n) is 7.82. The van der Waals surface area contributed by atoms with Crippen LogP contribution in [0.1, 0.15) is 30.2 Å². The summed E-state index contributed by atoms with van der Waals surface area (Å²) in [6, 6.07) is 6.88. The smallest absolute Gasteiger partial charge is 0.490 e. The van der Waals surface area contributed by atoms with Crippen molar-refractivity contribution in [3.8, 4) is 17.6 Å². The van der Waals surface area contributed by atoms with Gasteiger partial charge in [0, 0.05) is 18.3 Å². The van der Waals surface area contributed by atoms with E-state index in [1.165, 1.54) is 6.20 Å². The van der Waals surface area contributed by atoms with Crippen molar-refractivity contribution in [3.63, 3.8) is 0 Å². The number of nitrogens with two attached hydrogens (primary N) is 2. The van der Waals surface area contributed by atoms with Gasteiger partial charge in [0.2, 0.25) is 0 Å². The van der Waals surface area contributed by atoms with Crippen LogP contribution in [0.2, 0.25) is 0 Å². The number of benzene rings is 1. The summed E-state index contributed by atoms with van der Waals surface area (Å²) in [4.78, 5) is 52.1. The van der Waals surface area contributed by atoms with Gasteiger partial charge in [0.15, 0.2) is 0 Å². The van der Waals surface area contributed by atoms with Crippen LogP contribution >= 0.6 is 23.5 Å². The van der Waals surface area contributed by atoms with Gasteiger partial charge in [-0.25, -0.2) is 18.5 Å². The van der Waals surface area contributed by atoms with Crippen molar-refractivity contribution in [2.24, 2.45) is 5.73 Å². The highest BCUT2D eigenvalue weighted by atomic mass is 31.3. The molecule has 0 amide bonds. The number of anilines is 1. The molecule has 2 unspecified atom stereocenters. The molecule has 39 heavy (non-hydrogen) atoms. The number of rotatable bonds is 11. The quantitative estimate of drug-likeness (QED) is 0.150. The minimum Gasteiger partial charge on any atom is -0.492 e. The molecule has 1 aromatic carbocycles.